The van der Waals surface area contributed by atoms with E-state index in [0.717, 1.165) is 76.5 Å². The van der Waals surface area contributed by atoms with Gasteiger partial charge in [0.25, 0.3) is 0 Å². The summed E-state index contributed by atoms with van der Waals surface area (Å²) in [5, 5.41) is 12.4. The van der Waals surface area contributed by atoms with Gasteiger partial charge in [-0.1, -0.05) is 60.7 Å². The second-order valence-electron chi connectivity index (χ2n) is 11.4. The van der Waals surface area contributed by atoms with Crippen molar-refractivity contribution < 1.29 is 0 Å². The normalized spacial score (nSPS) is 12.1. The second kappa shape index (κ2) is 8.72. The fraction of sp³-hybridized carbons (Fsp3) is 0. The third-order valence-electron chi connectivity index (χ3n) is 8.93. The van der Waals surface area contributed by atoms with E-state index in [-0.39, 0.29) is 0 Å². The van der Waals surface area contributed by atoms with Crippen LogP contribution in [0.4, 0.5) is 0 Å². The van der Waals surface area contributed by atoms with Gasteiger partial charge in [0.05, 0.1) is 39.5 Å². The van der Waals surface area contributed by atoms with Gasteiger partial charge in [0.1, 0.15) is 0 Å². The van der Waals surface area contributed by atoms with Gasteiger partial charge in [0, 0.05) is 51.1 Å². The number of aromatic nitrogens is 5. The molecule has 10 aromatic rings. The van der Waals surface area contributed by atoms with Crippen molar-refractivity contribution in [1.29, 1.82) is 0 Å². The van der Waals surface area contributed by atoms with Crippen molar-refractivity contribution in [1.82, 2.24) is 24.9 Å². The maximum Gasteiger partial charge on any atom is 0.0994 e. The minimum atomic E-state index is 0.832. The SMILES string of the molecule is c1ccc2cc3c(cc2c1)c1ncccc1c1nc(-c2ccc4cc5c(cc4c2)c2ccccc2c2nccnc52)cnc31. The molecule has 10 rings (SSSR count). The summed E-state index contributed by atoms with van der Waals surface area (Å²) in [6, 6.07) is 36.4. The zero-order chi connectivity index (χ0) is 28.8. The predicted molar refractivity (Wildman–Crippen MR) is 181 cm³/mol. The van der Waals surface area contributed by atoms with E-state index in [4.69, 9.17) is 24.9 Å². The average Bonchev–Trinajstić information content (AvgIpc) is 3.10. The van der Waals surface area contributed by atoms with Crippen molar-refractivity contribution in [3.63, 3.8) is 0 Å². The molecule has 0 atom stereocenters. The predicted octanol–water partition coefficient (Wildman–Crippen LogP) is 9.55. The highest BCUT2D eigenvalue weighted by Gasteiger charge is 2.15. The fourth-order valence-corrected chi connectivity index (χ4v) is 6.89. The maximum atomic E-state index is 5.24. The molecule has 0 saturated carbocycles. The summed E-state index contributed by atoms with van der Waals surface area (Å²) in [5.74, 6) is 0. The van der Waals surface area contributed by atoms with Gasteiger partial charge < -0.3 is 0 Å². The fourth-order valence-electron chi connectivity index (χ4n) is 6.89. The van der Waals surface area contributed by atoms with Gasteiger partial charge in [-0.25, -0.2) is 4.98 Å². The van der Waals surface area contributed by atoms with E-state index in [2.05, 4.69) is 97.1 Å². The lowest BCUT2D eigenvalue weighted by molar-refractivity contribution is 1.31. The lowest BCUT2D eigenvalue weighted by atomic mass is 9.95. The standard InChI is InChI=1S/C39H21N5/c1-2-7-23-18-33-32(17-22(23)6-1)35-29(10-5-13-40-35)39-38(33)43-21-34(44-39)25-12-11-24-19-31-30(20-26(24)16-25)27-8-3-4-9-28(27)36-37(31)42-15-14-41-36/h1-21H. The van der Waals surface area contributed by atoms with Gasteiger partial charge in [-0.2, -0.15) is 0 Å². The third kappa shape index (κ3) is 3.26. The molecule has 44 heavy (non-hydrogen) atoms. The van der Waals surface area contributed by atoms with Gasteiger partial charge in [0.2, 0.25) is 0 Å². The summed E-state index contributed by atoms with van der Waals surface area (Å²) < 4.78 is 0. The van der Waals surface area contributed by atoms with Crippen LogP contribution in [0.25, 0.3) is 98.1 Å². The Morgan fingerprint density at radius 3 is 1.75 bits per heavy atom. The Morgan fingerprint density at radius 1 is 0.341 bits per heavy atom. The van der Waals surface area contributed by atoms with Crippen LogP contribution in [0.2, 0.25) is 0 Å². The number of fused-ring (bicyclic) bond motifs is 14. The first-order valence-corrected chi connectivity index (χ1v) is 14.7. The Morgan fingerprint density at radius 2 is 0.932 bits per heavy atom. The van der Waals surface area contributed by atoms with Crippen LogP contribution < -0.4 is 0 Å². The van der Waals surface area contributed by atoms with Crippen LogP contribution in [0, 0.1) is 0 Å². The lowest BCUT2D eigenvalue weighted by Crippen LogP contribution is -1.94. The molecule has 7 aromatic carbocycles. The second-order valence-corrected chi connectivity index (χ2v) is 11.4. The minimum absolute atomic E-state index is 0.832. The number of benzene rings is 7. The molecule has 0 saturated heterocycles. The third-order valence-corrected chi connectivity index (χ3v) is 8.93. The molecular formula is C39H21N5. The van der Waals surface area contributed by atoms with Gasteiger partial charge in [-0.3, -0.25) is 19.9 Å². The van der Waals surface area contributed by atoms with E-state index in [1.54, 1.807) is 12.4 Å². The Balaban J connectivity index is 1.23. The van der Waals surface area contributed by atoms with Crippen molar-refractivity contribution in [2.45, 2.75) is 0 Å². The van der Waals surface area contributed by atoms with Gasteiger partial charge in [-0.05, 0) is 74.8 Å². The van der Waals surface area contributed by atoms with Crippen molar-refractivity contribution >= 4 is 86.8 Å². The first-order valence-electron chi connectivity index (χ1n) is 14.7. The molecule has 3 aromatic heterocycles. The molecule has 202 valence electrons. The van der Waals surface area contributed by atoms with E-state index in [1.165, 1.54) is 21.5 Å². The molecule has 5 nitrogen and oxygen atoms in total. The maximum absolute atomic E-state index is 5.24. The van der Waals surface area contributed by atoms with E-state index in [0.29, 0.717) is 0 Å². The molecule has 0 radical (unpaired) electrons. The summed E-state index contributed by atoms with van der Waals surface area (Å²) in [5.41, 5.74) is 6.41. The zero-order valence-electron chi connectivity index (χ0n) is 23.4. The van der Waals surface area contributed by atoms with E-state index in [1.807, 2.05) is 18.5 Å². The van der Waals surface area contributed by atoms with Gasteiger partial charge >= 0.3 is 0 Å². The molecule has 0 aliphatic rings. The Labute approximate surface area is 250 Å². The van der Waals surface area contributed by atoms with Crippen LogP contribution in [0.1, 0.15) is 0 Å². The van der Waals surface area contributed by atoms with Crippen LogP contribution in [0.15, 0.2) is 128 Å². The Hall–Kier alpha value is -6.07. The summed E-state index contributed by atoms with van der Waals surface area (Å²) >= 11 is 0. The number of nitrogens with zero attached hydrogens (tertiary/aromatic N) is 5. The van der Waals surface area contributed by atoms with Crippen molar-refractivity contribution in [3.05, 3.63) is 128 Å². The Bertz CT molecular complexity index is 2840. The molecule has 0 fully saturated rings. The largest absolute Gasteiger partial charge is 0.256 e. The first-order chi connectivity index (χ1) is 21.8. The van der Waals surface area contributed by atoms with Crippen molar-refractivity contribution in [3.8, 4) is 11.3 Å². The van der Waals surface area contributed by atoms with Crippen LogP contribution in [-0.2, 0) is 0 Å². The summed E-state index contributed by atoms with van der Waals surface area (Å²) in [6.45, 7) is 0. The molecule has 0 N–H and O–H groups in total. The topological polar surface area (TPSA) is 64.5 Å². The molecule has 0 amide bonds. The summed E-state index contributed by atoms with van der Waals surface area (Å²) in [4.78, 5) is 24.5. The Kier molecular flexibility index (Phi) is 4.66. The number of hydrogen-bond acceptors (Lipinski definition) is 5. The molecule has 0 unspecified atom stereocenters. The molecule has 3 heterocycles. The van der Waals surface area contributed by atoms with Gasteiger partial charge in [0.15, 0.2) is 0 Å². The molecular weight excluding hydrogens is 538 g/mol. The monoisotopic (exact) mass is 559 g/mol. The summed E-state index contributed by atoms with van der Waals surface area (Å²) in [6.07, 6.45) is 7.29. The highest BCUT2D eigenvalue weighted by Crippen LogP contribution is 2.38. The number of pyridine rings is 1. The van der Waals surface area contributed by atoms with Crippen LogP contribution in [-0.4, -0.2) is 24.9 Å². The smallest absolute Gasteiger partial charge is 0.0994 e. The van der Waals surface area contributed by atoms with Crippen molar-refractivity contribution in [2.75, 3.05) is 0 Å². The highest BCUT2D eigenvalue weighted by atomic mass is 14.8. The lowest BCUT2D eigenvalue weighted by Gasteiger charge is -2.12. The molecule has 0 aliphatic heterocycles. The summed E-state index contributed by atoms with van der Waals surface area (Å²) in [7, 11) is 0. The van der Waals surface area contributed by atoms with Crippen LogP contribution in [0.3, 0.4) is 0 Å². The average molecular weight is 560 g/mol. The molecule has 0 spiro atoms. The number of rotatable bonds is 1. The van der Waals surface area contributed by atoms with E-state index >= 15 is 0 Å². The van der Waals surface area contributed by atoms with E-state index < -0.39 is 0 Å². The van der Waals surface area contributed by atoms with E-state index in [9.17, 15) is 0 Å². The molecule has 5 heteroatoms. The van der Waals surface area contributed by atoms with Crippen LogP contribution in [0.5, 0.6) is 0 Å². The highest BCUT2D eigenvalue weighted by molar-refractivity contribution is 6.26. The molecule has 0 aliphatic carbocycles. The van der Waals surface area contributed by atoms with Crippen molar-refractivity contribution in [2.24, 2.45) is 0 Å². The molecule has 0 bridgehead atoms. The van der Waals surface area contributed by atoms with Crippen LogP contribution >= 0.6 is 0 Å². The minimum Gasteiger partial charge on any atom is -0.256 e. The zero-order valence-corrected chi connectivity index (χ0v) is 23.4. The van der Waals surface area contributed by atoms with Gasteiger partial charge in [-0.15, -0.1) is 0 Å². The quantitative estimate of drug-likeness (QED) is 0.148. The first kappa shape index (κ1) is 23.5. The number of hydrogen-bond donors (Lipinski definition) is 0.